The number of carbonyl (C=O) groups excluding carboxylic acids is 1. The quantitative estimate of drug-likeness (QED) is 0.770. The molecule has 0 spiro atoms. The molecule has 1 aliphatic rings. The molecule has 0 radical (unpaired) electrons. The van der Waals surface area contributed by atoms with Gasteiger partial charge in [-0.2, -0.15) is 0 Å². The summed E-state index contributed by atoms with van der Waals surface area (Å²) in [5, 5.41) is 19.3. The number of benzene rings is 1. The third-order valence-corrected chi connectivity index (χ3v) is 3.22. The van der Waals surface area contributed by atoms with Gasteiger partial charge < -0.3 is 24.4 Å². The van der Waals surface area contributed by atoms with Gasteiger partial charge in [-0.1, -0.05) is 17.7 Å². The molecule has 0 saturated carbocycles. The minimum atomic E-state index is -1.15. The second kappa shape index (κ2) is 6.32. The van der Waals surface area contributed by atoms with Crippen LogP contribution in [-0.4, -0.2) is 54.5 Å². The van der Waals surface area contributed by atoms with E-state index in [9.17, 15) is 15.0 Å². The Labute approximate surface area is 116 Å². The highest BCUT2D eigenvalue weighted by molar-refractivity contribution is 5.89. The highest BCUT2D eigenvalue weighted by atomic mass is 16.7. The first-order valence-corrected chi connectivity index (χ1v) is 6.31. The zero-order valence-electron chi connectivity index (χ0n) is 11.4. The van der Waals surface area contributed by atoms with Crippen LogP contribution in [-0.2, 0) is 14.2 Å². The van der Waals surface area contributed by atoms with Gasteiger partial charge in [0.2, 0.25) is 0 Å². The third kappa shape index (κ3) is 3.16. The van der Waals surface area contributed by atoms with E-state index >= 15 is 0 Å². The Morgan fingerprint density at radius 2 is 1.90 bits per heavy atom. The summed E-state index contributed by atoms with van der Waals surface area (Å²) in [7, 11) is 1.36. The largest absolute Gasteiger partial charge is 0.459 e. The minimum Gasteiger partial charge on any atom is -0.459 e. The van der Waals surface area contributed by atoms with Gasteiger partial charge in [-0.25, -0.2) is 4.79 Å². The summed E-state index contributed by atoms with van der Waals surface area (Å²) in [4.78, 5) is 11.8. The second-order valence-electron chi connectivity index (χ2n) is 4.72. The molecule has 1 aliphatic heterocycles. The fourth-order valence-electron chi connectivity index (χ4n) is 1.98. The van der Waals surface area contributed by atoms with Crippen LogP contribution < -0.4 is 0 Å². The lowest BCUT2D eigenvalue weighted by atomic mass is 10.1. The standard InChI is InChI=1S/C14H18O6/c1-8-3-5-9(6-4-8)13(17)19-7-10-11(15)12(16)14(18-2)20-10/h3-6,10-12,14-16H,7H2,1-2H3/t10-,11+,12-,14+/m1/s1. The Hall–Kier alpha value is -1.47. The molecule has 0 amide bonds. The van der Waals surface area contributed by atoms with Crippen LogP contribution in [0.25, 0.3) is 0 Å². The monoisotopic (exact) mass is 282 g/mol. The summed E-state index contributed by atoms with van der Waals surface area (Å²) in [6.45, 7) is 1.77. The molecule has 4 atom stereocenters. The van der Waals surface area contributed by atoms with Crippen molar-refractivity contribution in [3.05, 3.63) is 35.4 Å². The van der Waals surface area contributed by atoms with E-state index in [2.05, 4.69) is 0 Å². The predicted octanol–water partition coefficient (Wildman–Crippen LogP) is 0.245. The van der Waals surface area contributed by atoms with Crippen LogP contribution in [0, 0.1) is 6.92 Å². The molecule has 0 bridgehead atoms. The number of ether oxygens (including phenoxy) is 3. The molecule has 2 rings (SSSR count). The van der Waals surface area contributed by atoms with Gasteiger partial charge in [-0.05, 0) is 19.1 Å². The molecule has 6 nitrogen and oxygen atoms in total. The lowest BCUT2D eigenvalue weighted by molar-refractivity contribution is -0.153. The predicted molar refractivity (Wildman–Crippen MR) is 69.1 cm³/mol. The number of methoxy groups -OCH3 is 1. The number of aryl methyl sites for hydroxylation is 1. The van der Waals surface area contributed by atoms with Crippen molar-refractivity contribution in [1.29, 1.82) is 0 Å². The number of esters is 1. The molecule has 20 heavy (non-hydrogen) atoms. The van der Waals surface area contributed by atoms with Crippen LogP contribution in [0.1, 0.15) is 15.9 Å². The van der Waals surface area contributed by atoms with Crippen LogP contribution >= 0.6 is 0 Å². The van der Waals surface area contributed by atoms with Gasteiger partial charge >= 0.3 is 5.97 Å². The van der Waals surface area contributed by atoms with Crippen LogP contribution in [0.2, 0.25) is 0 Å². The Morgan fingerprint density at radius 1 is 1.25 bits per heavy atom. The zero-order valence-corrected chi connectivity index (χ0v) is 11.4. The summed E-state index contributed by atoms with van der Waals surface area (Å²) in [5.74, 6) is -0.504. The highest BCUT2D eigenvalue weighted by Gasteiger charge is 2.43. The SMILES string of the molecule is CO[C@H]1O[C@H](COC(=O)c2ccc(C)cc2)[C@H](O)[C@H]1O. The lowest BCUT2D eigenvalue weighted by Crippen LogP contribution is -2.35. The van der Waals surface area contributed by atoms with Crippen molar-refractivity contribution in [2.24, 2.45) is 0 Å². The average molecular weight is 282 g/mol. The topological polar surface area (TPSA) is 85.2 Å². The summed E-state index contributed by atoms with van der Waals surface area (Å²) in [6, 6.07) is 6.94. The van der Waals surface area contributed by atoms with Crippen LogP contribution in [0.15, 0.2) is 24.3 Å². The van der Waals surface area contributed by atoms with Crippen LogP contribution in [0.3, 0.4) is 0 Å². The minimum absolute atomic E-state index is 0.148. The smallest absolute Gasteiger partial charge is 0.338 e. The Bertz CT molecular complexity index is 457. The fraction of sp³-hybridized carbons (Fsp3) is 0.500. The molecule has 2 N–H and O–H groups in total. The first kappa shape index (κ1) is 14.9. The van der Waals surface area contributed by atoms with Crippen molar-refractivity contribution in [2.45, 2.75) is 31.5 Å². The molecule has 1 fully saturated rings. The molecule has 0 aliphatic carbocycles. The van der Waals surface area contributed by atoms with E-state index in [0.29, 0.717) is 5.56 Å². The second-order valence-corrected chi connectivity index (χ2v) is 4.72. The van der Waals surface area contributed by atoms with Crippen LogP contribution in [0.5, 0.6) is 0 Å². The van der Waals surface area contributed by atoms with Gasteiger partial charge in [0.15, 0.2) is 6.29 Å². The zero-order chi connectivity index (χ0) is 14.7. The molecule has 0 unspecified atom stereocenters. The van der Waals surface area contributed by atoms with Gasteiger partial charge in [-0.15, -0.1) is 0 Å². The Morgan fingerprint density at radius 3 is 2.45 bits per heavy atom. The molecule has 1 saturated heterocycles. The van der Waals surface area contributed by atoms with Gasteiger partial charge in [0.05, 0.1) is 5.56 Å². The van der Waals surface area contributed by atoms with E-state index in [1.54, 1.807) is 12.1 Å². The van der Waals surface area contributed by atoms with E-state index in [1.165, 1.54) is 7.11 Å². The van der Waals surface area contributed by atoms with Crippen LogP contribution in [0.4, 0.5) is 0 Å². The summed E-state index contributed by atoms with van der Waals surface area (Å²) in [6.07, 6.45) is -4.01. The van der Waals surface area contributed by atoms with Crippen molar-refractivity contribution < 1.29 is 29.2 Å². The maximum absolute atomic E-state index is 11.8. The van der Waals surface area contributed by atoms with Crippen molar-refractivity contribution in [2.75, 3.05) is 13.7 Å². The van der Waals surface area contributed by atoms with Gasteiger partial charge in [-0.3, -0.25) is 0 Å². The van der Waals surface area contributed by atoms with E-state index in [-0.39, 0.29) is 6.61 Å². The molecular formula is C14H18O6. The van der Waals surface area contributed by atoms with Crippen molar-refractivity contribution in [3.8, 4) is 0 Å². The molecular weight excluding hydrogens is 264 g/mol. The molecule has 0 aromatic heterocycles. The van der Waals surface area contributed by atoms with E-state index in [4.69, 9.17) is 14.2 Å². The lowest BCUT2D eigenvalue weighted by Gasteiger charge is -2.14. The maximum atomic E-state index is 11.8. The molecule has 1 aromatic rings. The average Bonchev–Trinajstić information content (AvgIpc) is 2.73. The highest BCUT2D eigenvalue weighted by Crippen LogP contribution is 2.22. The number of aliphatic hydroxyl groups excluding tert-OH is 2. The van der Waals surface area contributed by atoms with E-state index < -0.39 is 30.6 Å². The Balaban J connectivity index is 1.89. The molecule has 1 heterocycles. The summed E-state index contributed by atoms with van der Waals surface area (Å²) in [5.41, 5.74) is 1.47. The summed E-state index contributed by atoms with van der Waals surface area (Å²) < 4.78 is 15.2. The van der Waals surface area contributed by atoms with Crippen molar-refractivity contribution in [1.82, 2.24) is 0 Å². The van der Waals surface area contributed by atoms with Gasteiger partial charge in [0.1, 0.15) is 24.9 Å². The summed E-state index contributed by atoms with van der Waals surface area (Å²) >= 11 is 0. The first-order chi connectivity index (χ1) is 9.52. The van der Waals surface area contributed by atoms with Crippen molar-refractivity contribution in [3.63, 3.8) is 0 Å². The Kier molecular flexibility index (Phi) is 4.72. The van der Waals surface area contributed by atoms with Gasteiger partial charge in [0.25, 0.3) is 0 Å². The number of hydrogen-bond donors (Lipinski definition) is 2. The molecule has 1 aromatic carbocycles. The number of carbonyl (C=O) groups is 1. The normalized spacial score (nSPS) is 29.4. The molecule has 6 heteroatoms. The van der Waals surface area contributed by atoms with E-state index in [0.717, 1.165) is 5.56 Å². The maximum Gasteiger partial charge on any atom is 0.338 e. The first-order valence-electron chi connectivity index (χ1n) is 6.31. The third-order valence-electron chi connectivity index (χ3n) is 3.22. The van der Waals surface area contributed by atoms with Crippen molar-refractivity contribution >= 4 is 5.97 Å². The number of hydrogen-bond acceptors (Lipinski definition) is 6. The number of aliphatic hydroxyl groups is 2. The van der Waals surface area contributed by atoms with Gasteiger partial charge in [0, 0.05) is 7.11 Å². The number of rotatable bonds is 4. The molecule has 110 valence electrons. The van der Waals surface area contributed by atoms with E-state index in [1.807, 2.05) is 19.1 Å². The fourth-order valence-corrected chi connectivity index (χ4v) is 1.98.